The zero-order valence-corrected chi connectivity index (χ0v) is 17.5. The molecule has 1 amide bonds. The minimum atomic E-state index is 0.00888. The maximum atomic E-state index is 12.2. The van der Waals surface area contributed by atoms with Crippen LogP contribution in [0.1, 0.15) is 18.4 Å². The van der Waals surface area contributed by atoms with Crippen LogP contribution in [0.15, 0.2) is 42.5 Å². The van der Waals surface area contributed by atoms with E-state index in [4.69, 9.17) is 27.9 Å². The molecule has 0 aromatic heterocycles. The first kappa shape index (κ1) is 20.8. The number of hydrazine groups is 1. The van der Waals surface area contributed by atoms with Gasteiger partial charge < -0.3 is 9.64 Å². The third-order valence-corrected chi connectivity index (χ3v) is 5.19. The average molecular weight is 422 g/mol. The van der Waals surface area contributed by atoms with Crippen molar-refractivity contribution in [3.05, 3.63) is 58.1 Å². The van der Waals surface area contributed by atoms with Crippen molar-refractivity contribution in [1.82, 2.24) is 10.4 Å². The number of carbonyl (C=O) groups is 1. The molecule has 2 aromatic rings. The van der Waals surface area contributed by atoms with Crippen LogP contribution in [0.2, 0.25) is 10.0 Å². The number of aryl methyl sites for hydroxylation is 1. The Balaban J connectivity index is 1.34. The van der Waals surface area contributed by atoms with E-state index in [2.05, 4.69) is 41.5 Å². The number of anilines is 1. The van der Waals surface area contributed by atoms with Crippen LogP contribution in [0.25, 0.3) is 0 Å². The van der Waals surface area contributed by atoms with Crippen molar-refractivity contribution in [2.45, 2.75) is 19.8 Å². The number of amides is 1. The Labute approximate surface area is 176 Å². The molecule has 1 N–H and O–H groups in total. The van der Waals surface area contributed by atoms with Gasteiger partial charge in [0.15, 0.2) is 0 Å². The molecule has 0 saturated carbocycles. The Morgan fingerprint density at radius 3 is 2.46 bits per heavy atom. The standard InChI is InChI=1S/C21H25Cl2N3O2/c1-16-4-7-18(8-5-16)25-10-12-26(13-11-25)24-21(27)3-2-14-28-20-9-6-17(22)15-19(20)23/h4-9,15H,2-3,10-14H2,1H3,(H,24,27). The highest BCUT2D eigenvalue weighted by Crippen LogP contribution is 2.27. The lowest BCUT2D eigenvalue weighted by Gasteiger charge is -2.36. The third-order valence-electron chi connectivity index (χ3n) is 4.66. The van der Waals surface area contributed by atoms with Crippen molar-refractivity contribution >= 4 is 34.8 Å². The van der Waals surface area contributed by atoms with Crippen molar-refractivity contribution in [2.75, 3.05) is 37.7 Å². The first-order valence-electron chi connectivity index (χ1n) is 9.45. The summed E-state index contributed by atoms with van der Waals surface area (Å²) in [5.74, 6) is 0.591. The molecular weight excluding hydrogens is 397 g/mol. The minimum Gasteiger partial charge on any atom is -0.492 e. The highest BCUT2D eigenvalue weighted by molar-refractivity contribution is 6.35. The van der Waals surface area contributed by atoms with Crippen molar-refractivity contribution in [3.8, 4) is 5.75 Å². The van der Waals surface area contributed by atoms with Gasteiger partial charge in [0.1, 0.15) is 5.75 Å². The van der Waals surface area contributed by atoms with Crippen molar-refractivity contribution in [1.29, 1.82) is 0 Å². The number of rotatable bonds is 7. The van der Waals surface area contributed by atoms with Crippen LogP contribution in [0.4, 0.5) is 5.69 Å². The zero-order valence-electron chi connectivity index (χ0n) is 16.0. The molecule has 1 aliphatic rings. The molecule has 0 aliphatic carbocycles. The van der Waals surface area contributed by atoms with Crippen molar-refractivity contribution < 1.29 is 9.53 Å². The van der Waals surface area contributed by atoms with E-state index in [-0.39, 0.29) is 5.91 Å². The summed E-state index contributed by atoms with van der Waals surface area (Å²) in [6.07, 6.45) is 1.03. The predicted molar refractivity (Wildman–Crippen MR) is 114 cm³/mol. The second-order valence-corrected chi connectivity index (χ2v) is 7.72. The van der Waals surface area contributed by atoms with Gasteiger partial charge in [0, 0.05) is 43.3 Å². The van der Waals surface area contributed by atoms with E-state index in [1.807, 2.05) is 5.01 Å². The number of piperazine rings is 1. The second-order valence-electron chi connectivity index (χ2n) is 6.87. The monoisotopic (exact) mass is 421 g/mol. The fourth-order valence-corrected chi connectivity index (χ4v) is 3.53. The van der Waals surface area contributed by atoms with Gasteiger partial charge in [-0.05, 0) is 43.7 Å². The van der Waals surface area contributed by atoms with Crippen LogP contribution in [0, 0.1) is 6.92 Å². The maximum absolute atomic E-state index is 12.2. The summed E-state index contributed by atoms with van der Waals surface area (Å²) in [6, 6.07) is 13.7. The maximum Gasteiger partial charge on any atom is 0.234 e. The zero-order chi connectivity index (χ0) is 19.9. The number of nitrogens with one attached hydrogen (secondary N) is 1. The van der Waals surface area contributed by atoms with Crippen LogP contribution in [-0.4, -0.2) is 43.7 Å². The highest BCUT2D eigenvalue weighted by Gasteiger charge is 2.18. The topological polar surface area (TPSA) is 44.8 Å². The van der Waals surface area contributed by atoms with Crippen LogP contribution < -0.4 is 15.1 Å². The first-order valence-corrected chi connectivity index (χ1v) is 10.2. The van der Waals surface area contributed by atoms with Crippen LogP contribution in [0.3, 0.4) is 0 Å². The summed E-state index contributed by atoms with van der Waals surface area (Å²) in [5, 5.41) is 3.03. The van der Waals surface area contributed by atoms with Gasteiger partial charge in [0.05, 0.1) is 11.6 Å². The number of ether oxygens (including phenoxy) is 1. The lowest BCUT2D eigenvalue weighted by atomic mass is 10.2. The summed E-state index contributed by atoms with van der Waals surface area (Å²) in [7, 11) is 0. The molecule has 0 atom stereocenters. The Morgan fingerprint density at radius 2 is 1.79 bits per heavy atom. The molecule has 0 unspecified atom stereocenters. The van der Waals surface area contributed by atoms with Crippen LogP contribution in [-0.2, 0) is 4.79 Å². The van der Waals surface area contributed by atoms with Gasteiger partial charge >= 0.3 is 0 Å². The Kier molecular flexibility index (Phi) is 7.43. The molecule has 1 fully saturated rings. The van der Waals surface area contributed by atoms with Crippen molar-refractivity contribution in [2.24, 2.45) is 0 Å². The molecule has 7 heteroatoms. The third kappa shape index (κ3) is 6.03. The summed E-state index contributed by atoms with van der Waals surface area (Å²) < 4.78 is 5.61. The van der Waals surface area contributed by atoms with E-state index in [0.717, 1.165) is 26.2 Å². The Morgan fingerprint density at radius 1 is 1.07 bits per heavy atom. The molecule has 1 saturated heterocycles. The van der Waals surface area contributed by atoms with Gasteiger partial charge in [-0.2, -0.15) is 0 Å². The SMILES string of the molecule is Cc1ccc(N2CCN(NC(=O)CCCOc3ccc(Cl)cc3Cl)CC2)cc1. The number of halogens is 2. The van der Waals surface area contributed by atoms with E-state index in [0.29, 0.717) is 35.2 Å². The number of benzene rings is 2. The van der Waals surface area contributed by atoms with E-state index >= 15 is 0 Å². The fraction of sp³-hybridized carbons (Fsp3) is 0.381. The molecule has 0 spiro atoms. The first-order chi connectivity index (χ1) is 13.5. The van der Waals surface area contributed by atoms with E-state index in [1.54, 1.807) is 18.2 Å². The van der Waals surface area contributed by atoms with Gasteiger partial charge in [0.25, 0.3) is 0 Å². The molecule has 2 aromatic carbocycles. The minimum absolute atomic E-state index is 0.00888. The van der Waals surface area contributed by atoms with E-state index in [9.17, 15) is 4.79 Å². The number of hydrogen-bond acceptors (Lipinski definition) is 4. The van der Waals surface area contributed by atoms with Gasteiger partial charge in [0.2, 0.25) is 5.91 Å². The average Bonchev–Trinajstić information content (AvgIpc) is 2.68. The highest BCUT2D eigenvalue weighted by atomic mass is 35.5. The quantitative estimate of drug-likeness (QED) is 0.676. The molecule has 1 aliphatic heterocycles. The van der Waals surface area contributed by atoms with E-state index in [1.165, 1.54) is 11.3 Å². The normalized spacial score (nSPS) is 14.8. The number of carbonyl (C=O) groups excluding carboxylic acids is 1. The smallest absolute Gasteiger partial charge is 0.234 e. The Bertz CT molecular complexity index is 791. The van der Waals surface area contributed by atoms with Gasteiger partial charge in [-0.1, -0.05) is 40.9 Å². The Hall–Kier alpha value is -1.95. The lowest BCUT2D eigenvalue weighted by molar-refractivity contribution is -0.126. The van der Waals surface area contributed by atoms with Gasteiger partial charge in [-0.15, -0.1) is 0 Å². The van der Waals surface area contributed by atoms with Crippen LogP contribution in [0.5, 0.6) is 5.75 Å². The fourth-order valence-electron chi connectivity index (χ4n) is 3.07. The van der Waals surface area contributed by atoms with Crippen LogP contribution >= 0.6 is 23.2 Å². The number of hydrogen-bond donors (Lipinski definition) is 1. The van der Waals surface area contributed by atoms with Crippen molar-refractivity contribution in [3.63, 3.8) is 0 Å². The molecule has 3 rings (SSSR count). The van der Waals surface area contributed by atoms with Gasteiger partial charge in [-0.25, -0.2) is 5.01 Å². The summed E-state index contributed by atoms with van der Waals surface area (Å²) >= 11 is 11.9. The summed E-state index contributed by atoms with van der Waals surface area (Å²) in [5.41, 5.74) is 5.48. The number of nitrogens with zero attached hydrogens (tertiary/aromatic N) is 2. The second kappa shape index (κ2) is 10.0. The molecule has 0 radical (unpaired) electrons. The summed E-state index contributed by atoms with van der Waals surface area (Å²) in [4.78, 5) is 14.5. The predicted octanol–water partition coefficient (Wildman–Crippen LogP) is 4.31. The molecular formula is C21H25Cl2N3O2. The molecule has 5 nitrogen and oxygen atoms in total. The largest absolute Gasteiger partial charge is 0.492 e. The van der Waals surface area contributed by atoms with E-state index < -0.39 is 0 Å². The molecule has 150 valence electrons. The molecule has 1 heterocycles. The lowest BCUT2D eigenvalue weighted by Crippen LogP contribution is -2.53. The molecule has 0 bridgehead atoms. The van der Waals surface area contributed by atoms with Gasteiger partial charge in [-0.3, -0.25) is 10.2 Å². The molecule has 28 heavy (non-hydrogen) atoms. The summed E-state index contributed by atoms with van der Waals surface area (Å²) in [6.45, 7) is 5.90.